The fourth-order valence-corrected chi connectivity index (χ4v) is 2.42. The van der Waals surface area contributed by atoms with E-state index in [0.29, 0.717) is 0 Å². The largest absolute Gasteiger partial charge is 0.801 e. The first kappa shape index (κ1) is 13.6. The van der Waals surface area contributed by atoms with Crippen molar-refractivity contribution in [2.45, 2.75) is 24.3 Å². The second-order valence-electron chi connectivity index (χ2n) is 3.43. The molecule has 5 atom stereocenters. The third kappa shape index (κ3) is 3.78. The van der Waals surface area contributed by atoms with E-state index in [-0.39, 0.29) is 6.61 Å². The van der Waals surface area contributed by atoms with Gasteiger partial charge in [0.15, 0.2) is 0 Å². The average Bonchev–Trinajstić information content (AvgIpc) is 2.32. The van der Waals surface area contributed by atoms with E-state index in [0.717, 1.165) is 0 Å². The summed E-state index contributed by atoms with van der Waals surface area (Å²) in [5.74, 6) is 0. The molecule has 0 spiro atoms. The summed E-state index contributed by atoms with van der Waals surface area (Å²) in [5.41, 5.74) is 0. The van der Waals surface area contributed by atoms with Crippen LogP contribution in [0.2, 0.25) is 0 Å². The molecule has 86 valence electrons. The van der Waals surface area contributed by atoms with Gasteiger partial charge in [-0.2, -0.15) is 0 Å². The van der Waals surface area contributed by atoms with Crippen molar-refractivity contribution in [2.24, 2.45) is 0 Å². The Hall–Kier alpha value is 0.515. The smallest absolute Gasteiger partial charge is 0.117 e. The van der Waals surface area contributed by atoms with Crippen LogP contribution < -0.4 is 4.89 Å². The van der Waals surface area contributed by atoms with Crippen LogP contribution in [0.4, 0.5) is 0 Å². The van der Waals surface area contributed by atoms with Gasteiger partial charge >= 0.3 is 0 Å². The zero-order valence-electron chi connectivity index (χ0n) is 8.53. The Morgan fingerprint density at radius 3 is 2.73 bits per heavy atom. The summed E-state index contributed by atoms with van der Waals surface area (Å²) in [4.78, 5) is 11.3. The van der Waals surface area contributed by atoms with Crippen LogP contribution in [0.5, 0.6) is 0 Å². The Balaban J connectivity index is 2.68. The van der Waals surface area contributed by atoms with Gasteiger partial charge in [-0.05, 0) is 13.2 Å². The van der Waals surface area contributed by atoms with E-state index >= 15 is 0 Å². The van der Waals surface area contributed by atoms with Gasteiger partial charge in [0.25, 0.3) is 0 Å². The molecule has 15 heavy (non-hydrogen) atoms. The number of methoxy groups -OCH3 is 1. The second-order valence-corrected chi connectivity index (χ2v) is 7.17. The number of aliphatic hydroxyl groups is 1. The normalized spacial score (nSPS) is 40.3. The van der Waals surface area contributed by atoms with Crippen LogP contribution >= 0.6 is 6.49 Å². The van der Waals surface area contributed by atoms with Crippen LogP contribution in [-0.4, -0.2) is 57.6 Å². The summed E-state index contributed by atoms with van der Waals surface area (Å²) in [6.45, 7) is -1.61. The highest BCUT2D eigenvalue weighted by atomic mass is 32.5. The SMILES string of the molecule is [B][C@@H]1O[C@H](COC)C(OP(C)([O-])=S)[C@@H]1O. The van der Waals surface area contributed by atoms with Crippen molar-refractivity contribution >= 4 is 26.1 Å². The van der Waals surface area contributed by atoms with E-state index in [1.54, 1.807) is 0 Å². The van der Waals surface area contributed by atoms with E-state index < -0.39 is 30.8 Å². The fourth-order valence-electron chi connectivity index (χ4n) is 1.42. The minimum Gasteiger partial charge on any atom is -0.801 e. The van der Waals surface area contributed by atoms with Crippen molar-refractivity contribution in [3.8, 4) is 0 Å². The van der Waals surface area contributed by atoms with E-state index in [2.05, 4.69) is 11.8 Å². The first-order chi connectivity index (χ1) is 6.85. The molecule has 1 aliphatic rings. The summed E-state index contributed by atoms with van der Waals surface area (Å²) in [7, 11) is 6.96. The lowest BCUT2D eigenvalue weighted by atomic mass is 9.93. The molecule has 0 bridgehead atoms. The third-order valence-electron chi connectivity index (χ3n) is 2.02. The Morgan fingerprint density at radius 2 is 2.27 bits per heavy atom. The Labute approximate surface area is 95.3 Å². The molecule has 0 aromatic heterocycles. The summed E-state index contributed by atoms with van der Waals surface area (Å²) < 4.78 is 15.1. The average molecular weight is 251 g/mol. The molecule has 0 saturated carbocycles. The van der Waals surface area contributed by atoms with Crippen molar-refractivity contribution in [1.29, 1.82) is 0 Å². The number of aliphatic hydroxyl groups excluding tert-OH is 1. The first-order valence-corrected chi connectivity index (χ1v) is 7.48. The molecule has 8 heteroatoms. The van der Waals surface area contributed by atoms with Crippen LogP contribution in [-0.2, 0) is 25.8 Å². The summed E-state index contributed by atoms with van der Waals surface area (Å²) in [5, 5.41) is 9.62. The van der Waals surface area contributed by atoms with Crippen molar-refractivity contribution in [1.82, 2.24) is 0 Å². The van der Waals surface area contributed by atoms with E-state index in [1.165, 1.54) is 13.8 Å². The van der Waals surface area contributed by atoms with Gasteiger partial charge in [-0.3, -0.25) is 0 Å². The van der Waals surface area contributed by atoms with Crippen LogP contribution in [0, 0.1) is 0 Å². The van der Waals surface area contributed by atoms with Gasteiger partial charge in [-0.15, -0.1) is 0 Å². The molecular weight excluding hydrogens is 238 g/mol. The second kappa shape index (κ2) is 5.23. The molecule has 0 aromatic rings. The molecule has 1 heterocycles. The van der Waals surface area contributed by atoms with Gasteiger partial charge < -0.3 is 24.0 Å². The zero-order valence-corrected chi connectivity index (χ0v) is 10.2. The Kier molecular flexibility index (Phi) is 4.73. The topological polar surface area (TPSA) is 71.0 Å². The number of hydrogen-bond acceptors (Lipinski definition) is 6. The van der Waals surface area contributed by atoms with Crippen molar-refractivity contribution in [3.63, 3.8) is 0 Å². The number of ether oxygens (including phenoxy) is 2. The quantitative estimate of drug-likeness (QED) is 0.488. The van der Waals surface area contributed by atoms with Gasteiger partial charge in [-0.1, -0.05) is 11.8 Å². The van der Waals surface area contributed by atoms with E-state index in [1.807, 2.05) is 0 Å². The molecule has 5 nitrogen and oxygen atoms in total. The minimum atomic E-state index is -3.11. The van der Waals surface area contributed by atoms with Crippen LogP contribution in [0.1, 0.15) is 0 Å². The maximum Gasteiger partial charge on any atom is 0.117 e. The van der Waals surface area contributed by atoms with Gasteiger partial charge in [0, 0.05) is 13.1 Å². The van der Waals surface area contributed by atoms with Gasteiger partial charge in [0.05, 0.1) is 6.61 Å². The summed E-state index contributed by atoms with van der Waals surface area (Å²) in [6, 6.07) is -0.864. The molecule has 1 aliphatic heterocycles. The highest BCUT2D eigenvalue weighted by Crippen LogP contribution is 2.38. The molecule has 0 aliphatic carbocycles. The standard InChI is InChI=1S/C7H14BO5PS/c1-11-3-4-6(13-14(2,10)15)5(9)7(8)12-4/h4-7,9H,3H2,1-2H3,(H,10,15)/p-1/t4-,5+,6?,7-,14?/m1/s1. The maximum atomic E-state index is 11.3. The van der Waals surface area contributed by atoms with Crippen molar-refractivity contribution in [2.75, 3.05) is 20.4 Å². The van der Waals surface area contributed by atoms with E-state index in [4.69, 9.17) is 21.8 Å². The lowest BCUT2D eigenvalue weighted by Gasteiger charge is -2.30. The van der Waals surface area contributed by atoms with Crippen molar-refractivity contribution < 1.29 is 24.0 Å². The molecule has 1 N–H and O–H groups in total. The van der Waals surface area contributed by atoms with Crippen molar-refractivity contribution in [3.05, 3.63) is 0 Å². The highest BCUT2D eigenvalue weighted by molar-refractivity contribution is 8.08. The number of hydrogen-bond donors (Lipinski definition) is 1. The maximum absolute atomic E-state index is 11.3. The highest BCUT2D eigenvalue weighted by Gasteiger charge is 2.42. The molecule has 1 saturated heterocycles. The fraction of sp³-hybridized carbons (Fsp3) is 1.00. The first-order valence-electron chi connectivity index (χ1n) is 4.40. The zero-order chi connectivity index (χ0) is 11.6. The molecule has 1 rings (SSSR count). The van der Waals surface area contributed by atoms with E-state index in [9.17, 15) is 10.00 Å². The van der Waals surface area contributed by atoms with Crippen LogP contribution in [0.25, 0.3) is 0 Å². The summed E-state index contributed by atoms with van der Waals surface area (Å²) in [6.07, 6.45) is -2.38. The molecule has 0 amide bonds. The molecule has 0 aromatic carbocycles. The molecule has 2 radical (unpaired) electrons. The summed E-state index contributed by atoms with van der Waals surface area (Å²) >= 11 is 4.64. The predicted molar refractivity (Wildman–Crippen MR) is 57.4 cm³/mol. The van der Waals surface area contributed by atoms with Crippen LogP contribution in [0.15, 0.2) is 0 Å². The van der Waals surface area contributed by atoms with Gasteiger partial charge in [0.2, 0.25) is 0 Å². The predicted octanol–water partition coefficient (Wildman–Crippen LogP) is -1.43. The Morgan fingerprint density at radius 1 is 1.67 bits per heavy atom. The minimum absolute atomic E-state index is 0.199. The monoisotopic (exact) mass is 251 g/mol. The van der Waals surface area contributed by atoms with Gasteiger partial charge in [0.1, 0.15) is 26.2 Å². The molecule has 2 unspecified atom stereocenters. The lowest BCUT2D eigenvalue weighted by molar-refractivity contribution is -0.188. The third-order valence-corrected chi connectivity index (χ3v) is 2.90. The van der Waals surface area contributed by atoms with Gasteiger partial charge in [-0.25, -0.2) is 0 Å². The lowest BCUT2D eigenvalue weighted by Crippen LogP contribution is -2.37. The molecular formula is C7H13BO5PS-. The molecule has 1 fully saturated rings. The number of rotatable bonds is 4. The van der Waals surface area contributed by atoms with Crippen LogP contribution in [0.3, 0.4) is 0 Å². The Bertz CT molecular complexity index is 260.